The van der Waals surface area contributed by atoms with Crippen molar-refractivity contribution in [3.63, 3.8) is 0 Å². The summed E-state index contributed by atoms with van der Waals surface area (Å²) in [5, 5.41) is 6.58. The molecular weight excluding hydrogens is 385 g/mol. The number of aliphatic imine (C=N–C) groups is 1. The SMILES string of the molecule is CCNC(=NCc1ccc(OCC(F)(F)F)cc1)NCC(C)N1CCOCC1C. The number of hydrogen-bond acceptors (Lipinski definition) is 4. The van der Waals surface area contributed by atoms with Crippen LogP contribution in [-0.2, 0) is 11.3 Å². The van der Waals surface area contributed by atoms with Crippen molar-refractivity contribution in [2.75, 3.05) is 39.5 Å². The van der Waals surface area contributed by atoms with Crippen LogP contribution in [0.4, 0.5) is 13.2 Å². The molecule has 164 valence electrons. The maximum Gasteiger partial charge on any atom is 0.422 e. The molecule has 0 amide bonds. The topological polar surface area (TPSA) is 58.1 Å². The fourth-order valence-electron chi connectivity index (χ4n) is 3.12. The van der Waals surface area contributed by atoms with Crippen molar-refractivity contribution < 1.29 is 22.6 Å². The molecular formula is C20H31F3N4O2. The molecule has 9 heteroatoms. The van der Waals surface area contributed by atoms with Gasteiger partial charge >= 0.3 is 6.18 Å². The third-order valence-corrected chi connectivity index (χ3v) is 4.64. The van der Waals surface area contributed by atoms with E-state index in [-0.39, 0.29) is 5.75 Å². The first-order valence-corrected chi connectivity index (χ1v) is 9.92. The number of nitrogens with zero attached hydrogens (tertiary/aromatic N) is 2. The molecule has 29 heavy (non-hydrogen) atoms. The maximum atomic E-state index is 12.2. The van der Waals surface area contributed by atoms with Crippen LogP contribution in [0.15, 0.2) is 29.3 Å². The van der Waals surface area contributed by atoms with Crippen LogP contribution >= 0.6 is 0 Å². The summed E-state index contributed by atoms with van der Waals surface area (Å²) >= 11 is 0. The summed E-state index contributed by atoms with van der Waals surface area (Å²) in [6.45, 7) is 9.37. The van der Waals surface area contributed by atoms with Gasteiger partial charge in [0, 0.05) is 31.7 Å². The maximum absolute atomic E-state index is 12.2. The molecule has 1 aromatic carbocycles. The molecule has 1 aliphatic rings. The van der Waals surface area contributed by atoms with E-state index in [9.17, 15) is 13.2 Å². The van der Waals surface area contributed by atoms with E-state index in [1.54, 1.807) is 12.1 Å². The largest absolute Gasteiger partial charge is 0.484 e. The predicted molar refractivity (Wildman–Crippen MR) is 107 cm³/mol. The first kappa shape index (κ1) is 23.3. The zero-order chi connectivity index (χ0) is 21.3. The van der Waals surface area contributed by atoms with Crippen molar-refractivity contribution in [2.24, 2.45) is 4.99 Å². The number of guanidine groups is 1. The molecule has 1 saturated heterocycles. The molecule has 0 bridgehead atoms. The molecule has 0 aromatic heterocycles. The zero-order valence-electron chi connectivity index (χ0n) is 17.3. The fraction of sp³-hybridized carbons (Fsp3) is 0.650. The smallest absolute Gasteiger partial charge is 0.422 e. The number of halogens is 3. The monoisotopic (exact) mass is 416 g/mol. The summed E-state index contributed by atoms with van der Waals surface area (Å²) in [6.07, 6.45) is -4.34. The van der Waals surface area contributed by atoms with Crippen molar-refractivity contribution in [1.82, 2.24) is 15.5 Å². The number of morpholine rings is 1. The van der Waals surface area contributed by atoms with Gasteiger partial charge in [-0.3, -0.25) is 4.90 Å². The van der Waals surface area contributed by atoms with Crippen LogP contribution < -0.4 is 15.4 Å². The quantitative estimate of drug-likeness (QED) is 0.504. The summed E-state index contributed by atoms with van der Waals surface area (Å²) < 4.78 is 46.8. The van der Waals surface area contributed by atoms with Gasteiger partial charge in [-0.15, -0.1) is 0 Å². The molecule has 2 rings (SSSR count). The van der Waals surface area contributed by atoms with Crippen LogP contribution in [0, 0.1) is 0 Å². The van der Waals surface area contributed by atoms with E-state index in [0.29, 0.717) is 24.6 Å². The first-order valence-electron chi connectivity index (χ1n) is 9.92. The Labute approximate surface area is 170 Å². The van der Waals surface area contributed by atoms with Gasteiger partial charge in [0.25, 0.3) is 0 Å². The van der Waals surface area contributed by atoms with E-state index in [0.717, 1.165) is 38.4 Å². The van der Waals surface area contributed by atoms with Gasteiger partial charge in [-0.1, -0.05) is 12.1 Å². The van der Waals surface area contributed by atoms with Crippen molar-refractivity contribution in [3.8, 4) is 5.75 Å². The summed E-state index contributed by atoms with van der Waals surface area (Å²) in [5.41, 5.74) is 0.886. The highest BCUT2D eigenvalue weighted by molar-refractivity contribution is 5.79. The summed E-state index contributed by atoms with van der Waals surface area (Å²) in [7, 11) is 0. The number of nitrogens with one attached hydrogen (secondary N) is 2. The van der Waals surface area contributed by atoms with Crippen LogP contribution in [-0.4, -0.2) is 68.6 Å². The highest BCUT2D eigenvalue weighted by atomic mass is 19.4. The van der Waals surface area contributed by atoms with Crippen LogP contribution in [0.5, 0.6) is 5.75 Å². The van der Waals surface area contributed by atoms with Crippen molar-refractivity contribution >= 4 is 5.96 Å². The van der Waals surface area contributed by atoms with Crippen LogP contribution in [0.1, 0.15) is 26.3 Å². The van der Waals surface area contributed by atoms with Gasteiger partial charge in [0.2, 0.25) is 0 Å². The van der Waals surface area contributed by atoms with E-state index >= 15 is 0 Å². The number of rotatable bonds is 8. The van der Waals surface area contributed by atoms with E-state index in [1.165, 1.54) is 12.1 Å². The lowest BCUT2D eigenvalue weighted by Gasteiger charge is -2.38. The number of benzene rings is 1. The minimum atomic E-state index is -4.34. The van der Waals surface area contributed by atoms with Gasteiger partial charge in [-0.25, -0.2) is 4.99 Å². The van der Waals surface area contributed by atoms with E-state index in [2.05, 4.69) is 34.4 Å². The predicted octanol–water partition coefficient (Wildman–Crippen LogP) is 2.79. The molecule has 2 unspecified atom stereocenters. The van der Waals surface area contributed by atoms with E-state index in [1.807, 2.05) is 6.92 Å². The summed E-state index contributed by atoms with van der Waals surface area (Å²) in [5.74, 6) is 0.895. The van der Waals surface area contributed by atoms with Gasteiger partial charge in [0.15, 0.2) is 12.6 Å². The highest BCUT2D eigenvalue weighted by Gasteiger charge is 2.28. The van der Waals surface area contributed by atoms with Gasteiger partial charge in [-0.05, 0) is 38.5 Å². The molecule has 1 aromatic rings. The molecule has 1 fully saturated rings. The second-order valence-corrected chi connectivity index (χ2v) is 7.13. The van der Waals surface area contributed by atoms with Gasteiger partial charge in [0.1, 0.15) is 5.75 Å². The second kappa shape index (κ2) is 11.3. The lowest BCUT2D eigenvalue weighted by atomic mass is 10.2. The molecule has 2 atom stereocenters. The Balaban J connectivity index is 1.86. The third-order valence-electron chi connectivity index (χ3n) is 4.64. The average molecular weight is 416 g/mol. The normalized spacial score (nSPS) is 19.7. The molecule has 1 aliphatic heterocycles. The zero-order valence-corrected chi connectivity index (χ0v) is 17.3. The summed E-state index contributed by atoms with van der Waals surface area (Å²) in [6, 6.07) is 7.21. The van der Waals surface area contributed by atoms with Crippen LogP contribution in [0.2, 0.25) is 0 Å². The number of hydrogen-bond donors (Lipinski definition) is 2. The highest BCUT2D eigenvalue weighted by Crippen LogP contribution is 2.19. The Kier molecular flexibility index (Phi) is 9.03. The van der Waals surface area contributed by atoms with E-state index in [4.69, 9.17) is 9.47 Å². The van der Waals surface area contributed by atoms with Crippen LogP contribution in [0.3, 0.4) is 0 Å². The molecule has 6 nitrogen and oxygen atoms in total. The molecule has 0 spiro atoms. The Morgan fingerprint density at radius 2 is 2.03 bits per heavy atom. The first-order chi connectivity index (χ1) is 13.8. The number of alkyl halides is 3. The number of ether oxygens (including phenoxy) is 2. The fourth-order valence-corrected chi connectivity index (χ4v) is 3.12. The minimum Gasteiger partial charge on any atom is -0.484 e. The Morgan fingerprint density at radius 3 is 2.66 bits per heavy atom. The lowest BCUT2D eigenvalue weighted by molar-refractivity contribution is -0.153. The summed E-state index contributed by atoms with van der Waals surface area (Å²) in [4.78, 5) is 6.98. The molecule has 2 N–H and O–H groups in total. The second-order valence-electron chi connectivity index (χ2n) is 7.13. The van der Waals surface area contributed by atoms with E-state index < -0.39 is 12.8 Å². The molecule has 0 radical (unpaired) electrons. The molecule has 0 aliphatic carbocycles. The van der Waals surface area contributed by atoms with Crippen LogP contribution in [0.25, 0.3) is 0 Å². The molecule has 0 saturated carbocycles. The van der Waals surface area contributed by atoms with Gasteiger partial charge in [0.05, 0.1) is 19.8 Å². The Hall–Kier alpha value is -2.00. The molecule has 1 heterocycles. The Morgan fingerprint density at radius 1 is 1.31 bits per heavy atom. The third kappa shape index (κ3) is 8.49. The Bertz CT molecular complexity index is 638. The van der Waals surface area contributed by atoms with Crippen molar-refractivity contribution in [1.29, 1.82) is 0 Å². The van der Waals surface area contributed by atoms with Gasteiger partial charge < -0.3 is 20.1 Å². The van der Waals surface area contributed by atoms with Crippen molar-refractivity contribution in [2.45, 2.75) is 45.6 Å². The lowest BCUT2D eigenvalue weighted by Crippen LogP contribution is -2.53. The standard InChI is InChI=1S/C20H31F3N4O2/c1-4-24-19(25-11-15(2)27-9-10-28-13-16(27)3)26-12-17-5-7-18(8-6-17)29-14-20(21,22)23/h5-8,15-16H,4,9-14H2,1-3H3,(H2,24,25,26). The van der Waals surface area contributed by atoms with Gasteiger partial charge in [-0.2, -0.15) is 13.2 Å². The average Bonchev–Trinajstić information content (AvgIpc) is 2.69. The minimum absolute atomic E-state index is 0.188. The van der Waals surface area contributed by atoms with Crippen molar-refractivity contribution in [3.05, 3.63) is 29.8 Å².